The Labute approximate surface area is 129 Å². The lowest BCUT2D eigenvalue weighted by Crippen LogP contribution is -2.14. The molecule has 0 radical (unpaired) electrons. The van der Waals surface area contributed by atoms with Crippen LogP contribution in [-0.4, -0.2) is 29.7 Å². The Morgan fingerprint density at radius 1 is 1.18 bits per heavy atom. The molecule has 2 aromatic rings. The number of hydrogen-bond acceptors (Lipinski definition) is 6. The predicted molar refractivity (Wildman–Crippen MR) is 82.8 cm³/mol. The molecule has 22 heavy (non-hydrogen) atoms. The average molecular weight is 301 g/mol. The normalized spacial score (nSPS) is 10.1. The molecule has 0 aliphatic rings. The lowest BCUT2D eigenvalue weighted by molar-refractivity contribution is -0.142. The van der Waals surface area contributed by atoms with Crippen LogP contribution in [0.2, 0.25) is 0 Å². The van der Waals surface area contributed by atoms with Gasteiger partial charge in [0.2, 0.25) is 0 Å². The Kier molecular flexibility index (Phi) is 5.30. The number of carbonyl (C=O) groups excluding carboxylic acids is 1. The first-order chi connectivity index (χ1) is 10.6. The molecule has 0 aliphatic carbocycles. The minimum absolute atomic E-state index is 0.0862. The van der Waals surface area contributed by atoms with Crippen LogP contribution in [0.1, 0.15) is 16.7 Å². The number of anilines is 1. The summed E-state index contributed by atoms with van der Waals surface area (Å²) < 4.78 is 10.1. The highest BCUT2D eigenvalue weighted by Crippen LogP contribution is 2.25. The predicted octanol–water partition coefficient (Wildman–Crippen LogP) is 2.26. The van der Waals surface area contributed by atoms with Gasteiger partial charge in [-0.15, -0.1) is 0 Å². The van der Waals surface area contributed by atoms with Gasteiger partial charge in [-0.2, -0.15) is 0 Å². The number of methoxy groups -OCH3 is 1. The number of aromatic nitrogens is 2. The zero-order valence-electron chi connectivity index (χ0n) is 12.9. The summed E-state index contributed by atoms with van der Waals surface area (Å²) in [5.41, 5.74) is 3.93. The third kappa shape index (κ3) is 4.18. The second kappa shape index (κ2) is 7.40. The molecule has 116 valence electrons. The topological polar surface area (TPSA) is 73.3 Å². The van der Waals surface area contributed by atoms with E-state index >= 15 is 0 Å². The summed E-state index contributed by atoms with van der Waals surface area (Å²) in [5, 5.41) is 3.25. The van der Waals surface area contributed by atoms with Crippen LogP contribution in [0.5, 0.6) is 5.75 Å². The number of hydrogen-bond donors (Lipinski definition) is 1. The van der Waals surface area contributed by atoms with Gasteiger partial charge in [0.25, 0.3) is 0 Å². The Balaban J connectivity index is 2.04. The average Bonchev–Trinajstić information content (AvgIpc) is 2.52. The van der Waals surface area contributed by atoms with Crippen molar-refractivity contribution in [2.24, 2.45) is 0 Å². The molecule has 0 aliphatic heterocycles. The maximum atomic E-state index is 11.2. The molecule has 0 saturated carbocycles. The maximum absolute atomic E-state index is 11.2. The highest BCUT2D eigenvalue weighted by Gasteiger charge is 2.09. The molecule has 1 aromatic carbocycles. The van der Waals surface area contributed by atoms with Crippen LogP contribution in [0.4, 0.5) is 5.69 Å². The Morgan fingerprint density at radius 3 is 2.41 bits per heavy atom. The lowest BCUT2D eigenvalue weighted by Gasteiger charge is -2.14. The van der Waals surface area contributed by atoms with Crippen molar-refractivity contribution in [1.29, 1.82) is 0 Å². The van der Waals surface area contributed by atoms with E-state index in [0.29, 0.717) is 6.54 Å². The van der Waals surface area contributed by atoms with Crippen molar-refractivity contribution in [3.8, 4) is 5.75 Å². The van der Waals surface area contributed by atoms with Crippen molar-refractivity contribution in [2.45, 2.75) is 20.4 Å². The molecule has 0 unspecified atom stereocenters. The Bertz CT molecular complexity index is 621. The van der Waals surface area contributed by atoms with Gasteiger partial charge in [0.05, 0.1) is 25.2 Å². The number of benzene rings is 1. The number of ether oxygens (including phenoxy) is 2. The van der Waals surface area contributed by atoms with Crippen molar-refractivity contribution in [3.63, 3.8) is 0 Å². The minimum Gasteiger partial charge on any atom is -0.481 e. The van der Waals surface area contributed by atoms with Crippen LogP contribution in [0.25, 0.3) is 0 Å². The van der Waals surface area contributed by atoms with E-state index in [4.69, 9.17) is 4.74 Å². The van der Waals surface area contributed by atoms with Gasteiger partial charge >= 0.3 is 5.97 Å². The SMILES string of the molecule is COC(=O)COc1c(C)cc(CNc2cncnc2)cc1C. The summed E-state index contributed by atoms with van der Waals surface area (Å²) in [5.74, 6) is 0.325. The molecular weight excluding hydrogens is 282 g/mol. The van der Waals surface area contributed by atoms with Crippen molar-refractivity contribution in [1.82, 2.24) is 9.97 Å². The number of esters is 1. The van der Waals surface area contributed by atoms with E-state index in [1.54, 1.807) is 12.4 Å². The highest BCUT2D eigenvalue weighted by atomic mass is 16.6. The van der Waals surface area contributed by atoms with E-state index in [2.05, 4.69) is 20.0 Å². The van der Waals surface area contributed by atoms with Gasteiger partial charge in [-0.1, -0.05) is 12.1 Å². The van der Waals surface area contributed by atoms with Gasteiger partial charge in [0.15, 0.2) is 6.61 Å². The van der Waals surface area contributed by atoms with Crippen LogP contribution >= 0.6 is 0 Å². The van der Waals surface area contributed by atoms with Gasteiger partial charge in [-0.3, -0.25) is 0 Å². The lowest BCUT2D eigenvalue weighted by atomic mass is 10.1. The first-order valence-electron chi connectivity index (χ1n) is 6.88. The summed E-state index contributed by atoms with van der Waals surface area (Å²) in [4.78, 5) is 19.1. The second-order valence-corrected chi connectivity index (χ2v) is 4.90. The third-order valence-electron chi connectivity index (χ3n) is 3.14. The summed E-state index contributed by atoms with van der Waals surface area (Å²) in [6, 6.07) is 4.05. The number of rotatable bonds is 6. The molecule has 0 bridgehead atoms. The maximum Gasteiger partial charge on any atom is 0.343 e. The largest absolute Gasteiger partial charge is 0.481 e. The first-order valence-corrected chi connectivity index (χ1v) is 6.88. The fourth-order valence-corrected chi connectivity index (χ4v) is 2.15. The van der Waals surface area contributed by atoms with E-state index in [1.807, 2.05) is 26.0 Å². The van der Waals surface area contributed by atoms with Crippen LogP contribution in [0.3, 0.4) is 0 Å². The number of nitrogens with one attached hydrogen (secondary N) is 1. The molecule has 0 amide bonds. The summed E-state index contributed by atoms with van der Waals surface area (Å²) in [6.45, 7) is 4.48. The van der Waals surface area contributed by atoms with E-state index in [1.165, 1.54) is 13.4 Å². The van der Waals surface area contributed by atoms with Crippen LogP contribution in [0.15, 0.2) is 30.9 Å². The highest BCUT2D eigenvalue weighted by molar-refractivity contribution is 5.71. The van der Waals surface area contributed by atoms with Crippen LogP contribution in [-0.2, 0) is 16.1 Å². The Hall–Kier alpha value is -2.63. The van der Waals surface area contributed by atoms with Crippen molar-refractivity contribution in [2.75, 3.05) is 19.0 Å². The second-order valence-electron chi connectivity index (χ2n) is 4.90. The molecular formula is C16H19N3O3. The molecule has 0 fully saturated rings. The van der Waals surface area contributed by atoms with Crippen molar-refractivity contribution >= 4 is 11.7 Å². The number of aryl methyl sites for hydroxylation is 2. The smallest absolute Gasteiger partial charge is 0.343 e. The van der Waals surface area contributed by atoms with E-state index in [0.717, 1.165) is 28.1 Å². The van der Waals surface area contributed by atoms with Crippen LogP contribution < -0.4 is 10.1 Å². The van der Waals surface area contributed by atoms with Gasteiger partial charge < -0.3 is 14.8 Å². The first kappa shape index (κ1) is 15.8. The number of nitrogens with zero attached hydrogens (tertiary/aromatic N) is 2. The fraction of sp³-hybridized carbons (Fsp3) is 0.312. The fourth-order valence-electron chi connectivity index (χ4n) is 2.15. The molecule has 0 atom stereocenters. The zero-order valence-corrected chi connectivity index (χ0v) is 12.9. The Morgan fingerprint density at radius 2 is 1.82 bits per heavy atom. The third-order valence-corrected chi connectivity index (χ3v) is 3.14. The molecule has 1 N–H and O–H groups in total. The molecule has 0 spiro atoms. The molecule has 6 nitrogen and oxygen atoms in total. The monoisotopic (exact) mass is 301 g/mol. The van der Waals surface area contributed by atoms with Gasteiger partial charge in [0, 0.05) is 6.54 Å². The standard InChI is InChI=1S/C16H19N3O3/c1-11-4-13(6-19-14-7-17-10-18-8-14)5-12(2)16(11)22-9-15(20)21-3/h4-5,7-8,10,19H,6,9H2,1-3H3. The van der Waals surface area contributed by atoms with Crippen molar-refractivity contribution < 1.29 is 14.3 Å². The van der Waals surface area contributed by atoms with Gasteiger partial charge in [-0.25, -0.2) is 14.8 Å². The number of carbonyl (C=O) groups is 1. The zero-order chi connectivity index (χ0) is 15.9. The quantitative estimate of drug-likeness (QED) is 0.825. The molecule has 0 saturated heterocycles. The van der Waals surface area contributed by atoms with E-state index in [9.17, 15) is 4.79 Å². The van der Waals surface area contributed by atoms with E-state index in [-0.39, 0.29) is 6.61 Å². The molecule has 1 aromatic heterocycles. The van der Waals surface area contributed by atoms with E-state index < -0.39 is 5.97 Å². The van der Waals surface area contributed by atoms with Crippen molar-refractivity contribution in [3.05, 3.63) is 47.5 Å². The van der Waals surface area contributed by atoms with Gasteiger partial charge in [-0.05, 0) is 30.5 Å². The molecule has 2 rings (SSSR count). The summed E-state index contributed by atoms with van der Waals surface area (Å²) in [6.07, 6.45) is 4.94. The minimum atomic E-state index is -0.395. The summed E-state index contributed by atoms with van der Waals surface area (Å²) >= 11 is 0. The summed E-state index contributed by atoms with van der Waals surface area (Å²) in [7, 11) is 1.34. The molecule has 6 heteroatoms. The van der Waals surface area contributed by atoms with Crippen LogP contribution in [0, 0.1) is 13.8 Å². The molecule has 1 heterocycles. The van der Waals surface area contributed by atoms with Gasteiger partial charge in [0.1, 0.15) is 12.1 Å².